The number of aromatic amines is 2. The van der Waals surface area contributed by atoms with Crippen LogP contribution in [0.3, 0.4) is 0 Å². The third-order valence-corrected chi connectivity index (χ3v) is 5.76. The molecule has 0 saturated carbocycles. The number of nitrogens with one attached hydrogen (secondary N) is 2. The van der Waals surface area contributed by atoms with Crippen molar-refractivity contribution >= 4 is 22.4 Å². The topological polar surface area (TPSA) is 75.4 Å². The molecule has 158 valence electrons. The molecule has 6 nitrogen and oxygen atoms in total. The Morgan fingerprint density at radius 3 is 2.70 bits per heavy atom. The predicted octanol–water partition coefficient (Wildman–Crippen LogP) is 3.66. The molecule has 1 aliphatic rings. The second kappa shape index (κ2) is 7.65. The predicted molar refractivity (Wildman–Crippen MR) is 116 cm³/mol. The van der Waals surface area contributed by atoms with E-state index in [4.69, 9.17) is 0 Å². The van der Waals surface area contributed by atoms with Gasteiger partial charge in [-0.1, -0.05) is 6.08 Å². The van der Waals surface area contributed by atoms with Crippen LogP contribution in [0.2, 0.25) is 0 Å². The van der Waals surface area contributed by atoms with E-state index < -0.39 is 0 Å². The Morgan fingerprint density at radius 2 is 1.97 bits per heavy atom. The van der Waals surface area contributed by atoms with Gasteiger partial charge in [-0.15, -0.1) is 0 Å². The second-order valence-corrected chi connectivity index (χ2v) is 8.20. The molecular formula is C23H27FN4O2. The van der Waals surface area contributed by atoms with E-state index in [0.717, 1.165) is 41.9 Å². The average molecular weight is 410 g/mol. The number of amides is 1. The average Bonchev–Trinajstić information content (AvgIpc) is 3.20. The van der Waals surface area contributed by atoms with Crippen LogP contribution in [0.25, 0.3) is 16.5 Å². The van der Waals surface area contributed by atoms with Gasteiger partial charge >= 0.3 is 0 Å². The Morgan fingerprint density at radius 1 is 1.20 bits per heavy atom. The molecule has 1 aliphatic carbocycles. The molecule has 0 spiro atoms. The lowest BCUT2D eigenvalue weighted by atomic mass is 9.89. The minimum Gasteiger partial charge on any atom is -0.494 e. The number of aromatic nitrogens is 2. The SMILES string of the molecule is Cc1[nH]c2c(c1C(=O)N(C)CCN(C)C)CCC=C2c1c(O)[nH]c2ccc(F)cc12. The Labute approximate surface area is 175 Å². The zero-order chi connectivity index (χ0) is 21.6. The van der Waals surface area contributed by atoms with Gasteiger partial charge < -0.3 is 24.9 Å². The molecule has 30 heavy (non-hydrogen) atoms. The third kappa shape index (κ3) is 3.39. The van der Waals surface area contributed by atoms with Gasteiger partial charge in [0.1, 0.15) is 5.82 Å². The maximum absolute atomic E-state index is 13.9. The van der Waals surface area contributed by atoms with Crippen LogP contribution in [0, 0.1) is 12.7 Å². The van der Waals surface area contributed by atoms with E-state index >= 15 is 0 Å². The van der Waals surface area contributed by atoms with Crippen LogP contribution < -0.4 is 0 Å². The monoisotopic (exact) mass is 410 g/mol. The van der Waals surface area contributed by atoms with Gasteiger partial charge in [-0.25, -0.2) is 4.39 Å². The molecule has 1 amide bonds. The van der Waals surface area contributed by atoms with Crippen molar-refractivity contribution < 1.29 is 14.3 Å². The van der Waals surface area contributed by atoms with Crippen LogP contribution in [-0.2, 0) is 6.42 Å². The Kier molecular flexibility index (Phi) is 5.15. The Hall–Kier alpha value is -3.06. The Balaban J connectivity index is 1.77. The van der Waals surface area contributed by atoms with Crippen molar-refractivity contribution in [3.8, 4) is 5.88 Å². The molecule has 7 heteroatoms. The summed E-state index contributed by atoms with van der Waals surface area (Å²) in [4.78, 5) is 23.3. The van der Waals surface area contributed by atoms with Gasteiger partial charge in [-0.2, -0.15) is 0 Å². The van der Waals surface area contributed by atoms with Crippen molar-refractivity contribution in [2.75, 3.05) is 34.2 Å². The molecule has 2 aromatic heterocycles. The van der Waals surface area contributed by atoms with Gasteiger partial charge in [0.15, 0.2) is 5.88 Å². The normalized spacial score (nSPS) is 13.6. The summed E-state index contributed by atoms with van der Waals surface area (Å²) < 4.78 is 13.9. The highest BCUT2D eigenvalue weighted by Gasteiger charge is 2.29. The molecule has 0 atom stereocenters. The quantitative estimate of drug-likeness (QED) is 0.601. The van der Waals surface area contributed by atoms with Gasteiger partial charge in [0.05, 0.1) is 16.8 Å². The van der Waals surface area contributed by atoms with E-state index in [1.165, 1.54) is 12.1 Å². The van der Waals surface area contributed by atoms with Crippen molar-refractivity contribution in [1.29, 1.82) is 0 Å². The summed E-state index contributed by atoms with van der Waals surface area (Å²) >= 11 is 0. The van der Waals surface area contributed by atoms with Gasteiger partial charge in [-0.05, 0) is 57.6 Å². The van der Waals surface area contributed by atoms with Crippen LogP contribution in [0.5, 0.6) is 5.88 Å². The summed E-state index contributed by atoms with van der Waals surface area (Å²) in [5.74, 6) is -0.374. The number of allylic oxidation sites excluding steroid dienone is 1. The number of nitrogens with zero attached hydrogens (tertiary/aromatic N) is 2. The molecule has 0 unspecified atom stereocenters. The molecule has 4 rings (SSSR count). The summed E-state index contributed by atoms with van der Waals surface area (Å²) in [6.07, 6.45) is 3.52. The lowest BCUT2D eigenvalue weighted by molar-refractivity contribution is 0.0784. The molecule has 0 aliphatic heterocycles. The Bertz CT molecular complexity index is 1160. The van der Waals surface area contributed by atoms with Crippen LogP contribution >= 0.6 is 0 Å². The van der Waals surface area contributed by atoms with Crippen molar-refractivity contribution in [1.82, 2.24) is 19.8 Å². The number of benzene rings is 1. The standard InChI is InChI=1S/C23H27FN4O2/c1-13-19(23(30)28(4)11-10-27(2)3)15-6-5-7-16(21(15)25-13)20-17-12-14(24)8-9-18(17)26-22(20)29/h7-9,12,25-26,29H,5-6,10-11H2,1-4H3. The molecule has 3 N–H and O–H groups in total. The zero-order valence-corrected chi connectivity index (χ0v) is 17.8. The molecule has 3 aromatic rings. The smallest absolute Gasteiger partial charge is 0.255 e. The van der Waals surface area contributed by atoms with E-state index in [1.807, 2.05) is 39.0 Å². The van der Waals surface area contributed by atoms with E-state index in [2.05, 4.69) is 9.97 Å². The fourth-order valence-electron chi connectivity index (χ4n) is 4.20. The molecule has 1 aromatic carbocycles. The van der Waals surface area contributed by atoms with Gasteiger partial charge in [0.25, 0.3) is 5.91 Å². The largest absolute Gasteiger partial charge is 0.494 e. The van der Waals surface area contributed by atoms with Gasteiger partial charge in [-0.3, -0.25) is 4.79 Å². The van der Waals surface area contributed by atoms with Gasteiger partial charge in [0.2, 0.25) is 0 Å². The minimum atomic E-state index is -0.361. The number of rotatable bonds is 5. The van der Waals surface area contributed by atoms with E-state index in [-0.39, 0.29) is 17.6 Å². The highest BCUT2D eigenvalue weighted by Crippen LogP contribution is 2.41. The molecular weight excluding hydrogens is 383 g/mol. The zero-order valence-electron chi connectivity index (χ0n) is 17.8. The maximum Gasteiger partial charge on any atom is 0.255 e. The molecule has 0 bridgehead atoms. The summed E-state index contributed by atoms with van der Waals surface area (Å²) in [7, 11) is 5.78. The van der Waals surface area contributed by atoms with Crippen LogP contribution in [-0.4, -0.2) is 65.0 Å². The lowest BCUT2D eigenvalue weighted by Crippen LogP contribution is -2.34. The highest BCUT2D eigenvalue weighted by molar-refractivity contribution is 6.03. The van der Waals surface area contributed by atoms with E-state index in [9.17, 15) is 14.3 Å². The fraction of sp³-hybridized carbons (Fsp3) is 0.348. The molecule has 0 saturated heterocycles. The minimum absolute atomic E-state index is 0.00192. The van der Waals surface area contributed by atoms with Crippen molar-refractivity contribution in [3.05, 3.63) is 58.2 Å². The summed E-state index contributed by atoms with van der Waals surface area (Å²) in [5.41, 5.74) is 5.30. The first-order valence-electron chi connectivity index (χ1n) is 10.1. The molecule has 0 fully saturated rings. The van der Waals surface area contributed by atoms with E-state index in [1.54, 1.807) is 11.0 Å². The number of likely N-dealkylation sites (N-methyl/N-ethyl adjacent to an activating group) is 2. The number of aryl methyl sites for hydroxylation is 1. The lowest BCUT2D eigenvalue weighted by Gasteiger charge is -2.21. The highest BCUT2D eigenvalue weighted by atomic mass is 19.1. The number of hydrogen-bond donors (Lipinski definition) is 3. The number of carbonyl (C=O) groups is 1. The number of H-pyrrole nitrogens is 2. The number of hydrogen-bond acceptors (Lipinski definition) is 3. The maximum atomic E-state index is 13.9. The summed E-state index contributed by atoms with van der Waals surface area (Å²) in [6.45, 7) is 3.32. The third-order valence-electron chi connectivity index (χ3n) is 5.76. The van der Waals surface area contributed by atoms with Crippen LogP contribution in [0.1, 0.15) is 39.3 Å². The number of fused-ring (bicyclic) bond motifs is 2. The van der Waals surface area contributed by atoms with Crippen molar-refractivity contribution in [3.63, 3.8) is 0 Å². The fourth-order valence-corrected chi connectivity index (χ4v) is 4.20. The number of halogens is 1. The van der Waals surface area contributed by atoms with E-state index in [0.29, 0.717) is 28.6 Å². The molecule has 2 heterocycles. The number of aromatic hydroxyl groups is 1. The van der Waals surface area contributed by atoms with Crippen LogP contribution in [0.15, 0.2) is 24.3 Å². The first kappa shape index (κ1) is 20.2. The van der Waals surface area contributed by atoms with Crippen molar-refractivity contribution in [2.24, 2.45) is 0 Å². The molecule has 0 radical (unpaired) electrons. The van der Waals surface area contributed by atoms with Gasteiger partial charge in [0, 0.05) is 42.3 Å². The van der Waals surface area contributed by atoms with Crippen LogP contribution in [0.4, 0.5) is 4.39 Å². The second-order valence-electron chi connectivity index (χ2n) is 8.20. The first-order valence-corrected chi connectivity index (χ1v) is 10.1. The summed E-state index contributed by atoms with van der Waals surface area (Å²) in [5, 5.41) is 11.2. The van der Waals surface area contributed by atoms with Crippen molar-refractivity contribution in [2.45, 2.75) is 19.8 Å². The first-order chi connectivity index (χ1) is 14.3. The summed E-state index contributed by atoms with van der Waals surface area (Å²) in [6, 6.07) is 4.40. The number of carbonyl (C=O) groups excluding carboxylic acids is 1.